The molecule has 1 saturated heterocycles. The van der Waals surface area contributed by atoms with Gasteiger partial charge in [-0.05, 0) is 56.0 Å². The average Bonchev–Trinajstić information content (AvgIpc) is 2.68. The van der Waals surface area contributed by atoms with Gasteiger partial charge in [0.1, 0.15) is 6.04 Å². The number of nitrogens with one attached hydrogen (secondary N) is 1. The lowest BCUT2D eigenvalue weighted by atomic mass is 10.0. The lowest BCUT2D eigenvalue weighted by molar-refractivity contribution is -0.143. The molecule has 1 aliphatic rings. The largest absolute Gasteiger partial charge is 0.480 e. The first-order valence-corrected chi connectivity index (χ1v) is 8.98. The van der Waals surface area contributed by atoms with Crippen LogP contribution in [0.2, 0.25) is 0 Å². The standard InChI is InChI=1S/C21H22N2O4/c1-14-7-2-3-10-17(14)19(24)22-16-9-6-8-15(13-16)20(25)23-12-5-4-11-18(23)21(26)27/h2-3,6-10,13,18H,4-5,11-12H2,1H3,(H,22,24)(H,26,27). The van der Waals surface area contributed by atoms with Crippen molar-refractivity contribution in [1.29, 1.82) is 0 Å². The number of carboxylic acids is 1. The molecule has 3 rings (SSSR count). The SMILES string of the molecule is Cc1ccccc1C(=O)Nc1cccc(C(=O)N2CCCCC2C(=O)O)c1. The lowest BCUT2D eigenvalue weighted by Crippen LogP contribution is -2.48. The Labute approximate surface area is 157 Å². The third-order valence-corrected chi connectivity index (χ3v) is 4.81. The molecule has 6 heteroatoms. The van der Waals surface area contributed by atoms with Crippen LogP contribution in [0.1, 0.15) is 45.5 Å². The number of carbonyl (C=O) groups excluding carboxylic acids is 2. The van der Waals surface area contributed by atoms with E-state index in [2.05, 4.69) is 5.32 Å². The summed E-state index contributed by atoms with van der Waals surface area (Å²) in [5, 5.41) is 12.2. The molecule has 0 aliphatic carbocycles. The van der Waals surface area contributed by atoms with Gasteiger partial charge in [-0.25, -0.2) is 4.79 Å². The Hall–Kier alpha value is -3.15. The molecule has 140 valence electrons. The van der Waals surface area contributed by atoms with Crippen molar-refractivity contribution in [3.63, 3.8) is 0 Å². The fraction of sp³-hybridized carbons (Fsp3) is 0.286. The molecule has 0 radical (unpaired) electrons. The van der Waals surface area contributed by atoms with Gasteiger partial charge in [-0.1, -0.05) is 24.3 Å². The molecule has 1 fully saturated rings. The second-order valence-electron chi connectivity index (χ2n) is 6.70. The van der Waals surface area contributed by atoms with Crippen LogP contribution in [0.4, 0.5) is 5.69 Å². The number of piperidine rings is 1. The van der Waals surface area contributed by atoms with Crippen LogP contribution in [0.5, 0.6) is 0 Å². The molecule has 2 aromatic carbocycles. The fourth-order valence-corrected chi connectivity index (χ4v) is 3.35. The van der Waals surface area contributed by atoms with E-state index in [-0.39, 0.29) is 11.8 Å². The van der Waals surface area contributed by atoms with Gasteiger partial charge in [0.25, 0.3) is 11.8 Å². The summed E-state index contributed by atoms with van der Waals surface area (Å²) in [4.78, 5) is 38.2. The molecule has 1 heterocycles. The molecular formula is C21H22N2O4. The fourth-order valence-electron chi connectivity index (χ4n) is 3.35. The normalized spacial score (nSPS) is 16.6. The van der Waals surface area contributed by atoms with Crippen LogP contribution in [-0.2, 0) is 4.79 Å². The number of hydrogen-bond acceptors (Lipinski definition) is 3. The van der Waals surface area contributed by atoms with Crippen molar-refractivity contribution in [3.05, 3.63) is 65.2 Å². The number of aryl methyl sites for hydroxylation is 1. The predicted octanol–water partition coefficient (Wildman–Crippen LogP) is 3.33. The Morgan fingerprint density at radius 3 is 2.59 bits per heavy atom. The molecule has 1 atom stereocenters. The number of carbonyl (C=O) groups is 3. The second kappa shape index (κ2) is 8.03. The van der Waals surface area contributed by atoms with Gasteiger partial charge in [0.15, 0.2) is 0 Å². The van der Waals surface area contributed by atoms with E-state index >= 15 is 0 Å². The number of amides is 2. The van der Waals surface area contributed by atoms with Crippen LogP contribution in [0, 0.1) is 6.92 Å². The molecule has 0 saturated carbocycles. The quantitative estimate of drug-likeness (QED) is 0.869. The van der Waals surface area contributed by atoms with Crippen LogP contribution >= 0.6 is 0 Å². The molecule has 27 heavy (non-hydrogen) atoms. The first-order chi connectivity index (χ1) is 13.0. The number of aliphatic carboxylic acids is 1. The van der Waals surface area contributed by atoms with Crippen molar-refractivity contribution < 1.29 is 19.5 Å². The predicted molar refractivity (Wildman–Crippen MR) is 102 cm³/mol. The van der Waals surface area contributed by atoms with Crippen LogP contribution in [0.15, 0.2) is 48.5 Å². The number of rotatable bonds is 4. The Bertz CT molecular complexity index is 878. The molecule has 1 aliphatic heterocycles. The highest BCUT2D eigenvalue weighted by atomic mass is 16.4. The molecule has 2 amide bonds. The lowest BCUT2D eigenvalue weighted by Gasteiger charge is -2.33. The highest BCUT2D eigenvalue weighted by Gasteiger charge is 2.32. The number of hydrogen-bond donors (Lipinski definition) is 2. The third kappa shape index (κ3) is 4.16. The summed E-state index contributed by atoms with van der Waals surface area (Å²) >= 11 is 0. The second-order valence-corrected chi connectivity index (χ2v) is 6.70. The summed E-state index contributed by atoms with van der Waals surface area (Å²) in [5.74, 6) is -1.56. The van der Waals surface area contributed by atoms with E-state index < -0.39 is 12.0 Å². The molecular weight excluding hydrogens is 344 g/mol. The van der Waals surface area contributed by atoms with Crippen molar-refractivity contribution in [2.75, 3.05) is 11.9 Å². The number of carboxylic acid groups (broad SMARTS) is 1. The van der Waals surface area contributed by atoms with E-state index in [0.717, 1.165) is 18.4 Å². The summed E-state index contributed by atoms with van der Waals surface area (Å²) in [6.45, 7) is 2.28. The van der Waals surface area contributed by atoms with Crippen molar-refractivity contribution in [2.24, 2.45) is 0 Å². The van der Waals surface area contributed by atoms with Crippen molar-refractivity contribution in [2.45, 2.75) is 32.2 Å². The minimum atomic E-state index is -0.980. The van der Waals surface area contributed by atoms with Crippen molar-refractivity contribution in [1.82, 2.24) is 4.90 Å². The molecule has 6 nitrogen and oxygen atoms in total. The van der Waals surface area contributed by atoms with E-state index in [4.69, 9.17) is 0 Å². The molecule has 0 bridgehead atoms. The minimum Gasteiger partial charge on any atom is -0.480 e. The molecule has 0 spiro atoms. The molecule has 1 unspecified atom stereocenters. The number of likely N-dealkylation sites (tertiary alicyclic amines) is 1. The molecule has 2 aromatic rings. The number of nitrogens with zero attached hydrogens (tertiary/aromatic N) is 1. The van der Waals surface area contributed by atoms with Crippen molar-refractivity contribution >= 4 is 23.5 Å². The van der Waals surface area contributed by atoms with E-state index in [1.807, 2.05) is 19.1 Å². The number of benzene rings is 2. The van der Waals surface area contributed by atoms with Crippen LogP contribution in [0.25, 0.3) is 0 Å². The number of anilines is 1. The van der Waals surface area contributed by atoms with E-state index in [9.17, 15) is 19.5 Å². The maximum Gasteiger partial charge on any atom is 0.326 e. The zero-order valence-electron chi connectivity index (χ0n) is 15.1. The molecule has 2 N–H and O–H groups in total. The summed E-state index contributed by atoms with van der Waals surface area (Å²) in [6, 6.07) is 13.1. The monoisotopic (exact) mass is 366 g/mol. The Kier molecular flexibility index (Phi) is 5.54. The van der Waals surface area contributed by atoms with Gasteiger partial charge >= 0.3 is 5.97 Å². The van der Waals surface area contributed by atoms with Gasteiger partial charge in [0.2, 0.25) is 0 Å². The highest BCUT2D eigenvalue weighted by Crippen LogP contribution is 2.22. The summed E-state index contributed by atoms with van der Waals surface area (Å²) in [5.41, 5.74) is 2.29. The maximum atomic E-state index is 12.8. The van der Waals surface area contributed by atoms with E-state index in [1.165, 1.54) is 4.90 Å². The van der Waals surface area contributed by atoms with E-state index in [1.54, 1.807) is 36.4 Å². The summed E-state index contributed by atoms with van der Waals surface area (Å²) in [7, 11) is 0. The summed E-state index contributed by atoms with van der Waals surface area (Å²) in [6.07, 6.45) is 2.05. The van der Waals surface area contributed by atoms with E-state index in [0.29, 0.717) is 29.8 Å². The minimum absolute atomic E-state index is 0.251. The van der Waals surface area contributed by atoms with Crippen molar-refractivity contribution in [3.8, 4) is 0 Å². The summed E-state index contributed by atoms with van der Waals surface area (Å²) < 4.78 is 0. The van der Waals surface area contributed by atoms with Gasteiger partial charge in [-0.2, -0.15) is 0 Å². The van der Waals surface area contributed by atoms with Gasteiger partial charge in [0, 0.05) is 23.4 Å². The topological polar surface area (TPSA) is 86.7 Å². The maximum absolute atomic E-state index is 12.8. The Morgan fingerprint density at radius 1 is 1.07 bits per heavy atom. The van der Waals surface area contributed by atoms with Crippen LogP contribution < -0.4 is 5.32 Å². The molecule has 0 aromatic heterocycles. The van der Waals surface area contributed by atoms with Crippen LogP contribution in [0.3, 0.4) is 0 Å². The Balaban J connectivity index is 1.79. The van der Waals surface area contributed by atoms with Crippen LogP contribution in [-0.4, -0.2) is 40.4 Å². The third-order valence-electron chi connectivity index (χ3n) is 4.81. The van der Waals surface area contributed by atoms with Gasteiger partial charge < -0.3 is 15.3 Å². The zero-order chi connectivity index (χ0) is 19.4. The first kappa shape index (κ1) is 18.6. The Morgan fingerprint density at radius 2 is 1.85 bits per heavy atom. The first-order valence-electron chi connectivity index (χ1n) is 8.98. The van der Waals surface area contributed by atoms with Gasteiger partial charge in [-0.15, -0.1) is 0 Å². The zero-order valence-corrected chi connectivity index (χ0v) is 15.1. The van der Waals surface area contributed by atoms with Gasteiger partial charge in [0.05, 0.1) is 0 Å². The van der Waals surface area contributed by atoms with Gasteiger partial charge in [-0.3, -0.25) is 9.59 Å². The smallest absolute Gasteiger partial charge is 0.326 e. The highest BCUT2D eigenvalue weighted by molar-refractivity contribution is 6.06. The average molecular weight is 366 g/mol.